The van der Waals surface area contributed by atoms with Gasteiger partial charge in [0.15, 0.2) is 0 Å². The first-order valence-electron chi connectivity index (χ1n) is 9.75. The summed E-state index contributed by atoms with van der Waals surface area (Å²) in [6.07, 6.45) is 1.03. The van der Waals surface area contributed by atoms with E-state index in [9.17, 15) is 17.6 Å². The van der Waals surface area contributed by atoms with Gasteiger partial charge in [-0.15, -0.1) is 11.3 Å². The van der Waals surface area contributed by atoms with Gasteiger partial charge in [0.1, 0.15) is 5.82 Å². The minimum absolute atomic E-state index is 0.0284. The van der Waals surface area contributed by atoms with Crippen LogP contribution in [0.1, 0.15) is 22.5 Å². The van der Waals surface area contributed by atoms with Crippen molar-refractivity contribution in [1.29, 1.82) is 0 Å². The Bertz CT molecular complexity index is 1170. The summed E-state index contributed by atoms with van der Waals surface area (Å²) in [7, 11) is -3.72. The molecule has 1 saturated heterocycles. The Balaban J connectivity index is 1.36. The number of piperidine rings is 1. The number of likely N-dealkylation sites (tertiary alicyclic amines) is 1. The van der Waals surface area contributed by atoms with Crippen LogP contribution in [0, 0.1) is 5.82 Å². The van der Waals surface area contributed by atoms with Crippen molar-refractivity contribution in [2.75, 3.05) is 13.1 Å². The van der Waals surface area contributed by atoms with E-state index in [4.69, 9.17) is 11.6 Å². The van der Waals surface area contributed by atoms with Crippen LogP contribution in [0.3, 0.4) is 0 Å². The van der Waals surface area contributed by atoms with Gasteiger partial charge in [-0.05, 0) is 66.9 Å². The highest BCUT2D eigenvalue weighted by molar-refractivity contribution is 7.89. The monoisotopic (exact) mass is 478 g/mol. The summed E-state index contributed by atoms with van der Waals surface area (Å²) in [5.74, 6) is -0.538. The molecular weight excluding hydrogens is 459 g/mol. The molecule has 1 fully saturated rings. The molecule has 5 nitrogen and oxygen atoms in total. The van der Waals surface area contributed by atoms with E-state index in [2.05, 4.69) is 4.72 Å². The molecule has 31 heavy (non-hydrogen) atoms. The zero-order valence-corrected chi connectivity index (χ0v) is 18.8. The maximum atomic E-state index is 13.0. The number of nitrogens with zero attached hydrogens (tertiary/aromatic N) is 1. The molecular formula is C22H20ClFN2O3S2. The Kier molecular flexibility index (Phi) is 6.43. The van der Waals surface area contributed by atoms with E-state index in [0.29, 0.717) is 35.8 Å². The first-order chi connectivity index (χ1) is 14.8. The molecule has 2 aromatic carbocycles. The molecule has 1 aliphatic rings. The number of sulfonamides is 1. The largest absolute Gasteiger partial charge is 0.338 e. The molecule has 0 unspecified atom stereocenters. The smallest absolute Gasteiger partial charge is 0.263 e. The van der Waals surface area contributed by atoms with Crippen LogP contribution in [0.25, 0.3) is 10.4 Å². The van der Waals surface area contributed by atoms with Crippen molar-refractivity contribution in [2.45, 2.75) is 23.8 Å². The number of hydrogen-bond acceptors (Lipinski definition) is 4. The van der Waals surface area contributed by atoms with Crippen molar-refractivity contribution in [1.82, 2.24) is 9.62 Å². The second-order valence-corrected chi connectivity index (χ2v) is 10.5. The molecule has 2 heterocycles. The normalized spacial score (nSPS) is 15.2. The number of carbonyl (C=O) groups is 1. The summed E-state index contributed by atoms with van der Waals surface area (Å²) in [5.41, 5.74) is 1.00. The topological polar surface area (TPSA) is 66.5 Å². The van der Waals surface area contributed by atoms with Crippen molar-refractivity contribution >= 4 is 38.9 Å². The lowest BCUT2D eigenvalue weighted by Gasteiger charge is -2.32. The molecule has 0 bridgehead atoms. The minimum Gasteiger partial charge on any atom is -0.338 e. The number of amides is 1. The highest BCUT2D eigenvalue weighted by Gasteiger charge is 2.28. The molecule has 4 rings (SSSR count). The summed E-state index contributed by atoms with van der Waals surface area (Å²) in [6.45, 7) is 0.924. The predicted molar refractivity (Wildman–Crippen MR) is 120 cm³/mol. The molecule has 1 aliphatic heterocycles. The number of carbonyl (C=O) groups excluding carboxylic acids is 1. The van der Waals surface area contributed by atoms with E-state index in [1.165, 1.54) is 23.5 Å². The first kappa shape index (κ1) is 22.0. The fourth-order valence-electron chi connectivity index (χ4n) is 3.48. The van der Waals surface area contributed by atoms with Gasteiger partial charge in [-0.3, -0.25) is 4.79 Å². The van der Waals surface area contributed by atoms with Gasteiger partial charge in [-0.1, -0.05) is 23.7 Å². The Hall–Kier alpha value is -2.26. The third-order valence-electron chi connectivity index (χ3n) is 5.17. The van der Waals surface area contributed by atoms with Crippen molar-refractivity contribution in [3.05, 3.63) is 76.4 Å². The third kappa shape index (κ3) is 5.15. The summed E-state index contributed by atoms with van der Waals surface area (Å²) in [6, 6.07) is 15.7. The van der Waals surface area contributed by atoms with Crippen LogP contribution in [-0.2, 0) is 10.0 Å². The van der Waals surface area contributed by atoms with Gasteiger partial charge in [0.2, 0.25) is 10.0 Å². The predicted octanol–water partition coefficient (Wildman–Crippen LogP) is 4.79. The molecule has 0 atom stereocenters. The van der Waals surface area contributed by atoms with Crippen LogP contribution < -0.4 is 4.72 Å². The molecule has 0 radical (unpaired) electrons. The second-order valence-electron chi connectivity index (χ2n) is 7.31. The van der Waals surface area contributed by atoms with Crippen LogP contribution >= 0.6 is 22.9 Å². The fraction of sp³-hybridized carbons (Fsp3) is 0.227. The molecule has 1 amide bonds. The average Bonchev–Trinajstić information content (AvgIpc) is 3.24. The van der Waals surface area contributed by atoms with E-state index in [1.54, 1.807) is 4.90 Å². The number of benzene rings is 2. The third-order valence-corrected chi connectivity index (χ3v) is 8.08. The molecule has 1 N–H and O–H groups in total. The van der Waals surface area contributed by atoms with Crippen LogP contribution in [0.15, 0.2) is 65.6 Å². The summed E-state index contributed by atoms with van der Waals surface area (Å²) >= 11 is 7.36. The first-order valence-corrected chi connectivity index (χ1v) is 12.4. The molecule has 9 heteroatoms. The lowest BCUT2D eigenvalue weighted by atomic mass is 10.1. The minimum atomic E-state index is -3.72. The Morgan fingerprint density at radius 2 is 1.65 bits per heavy atom. The number of halogens is 2. The summed E-state index contributed by atoms with van der Waals surface area (Å²) < 4.78 is 40.7. The maximum absolute atomic E-state index is 13.0. The van der Waals surface area contributed by atoms with Gasteiger partial charge in [-0.25, -0.2) is 17.5 Å². The van der Waals surface area contributed by atoms with Crippen molar-refractivity contribution < 1.29 is 17.6 Å². The average molecular weight is 479 g/mol. The Morgan fingerprint density at radius 1 is 1.00 bits per heavy atom. The molecule has 162 valence electrons. The second kappa shape index (κ2) is 9.08. The quantitative estimate of drug-likeness (QED) is 0.573. The standard InChI is InChI=1S/C22H20ClFN2O3S2/c23-16-3-1-15(2-4-16)20-9-10-21(30-20)22(27)26-13-11-18(12-14-26)25-31(28,29)19-7-5-17(24)6-8-19/h1-10,18,25H,11-14H2. The highest BCUT2D eigenvalue weighted by atomic mass is 35.5. The molecule has 0 saturated carbocycles. The van der Waals surface area contributed by atoms with E-state index < -0.39 is 15.8 Å². The number of thiophene rings is 1. The summed E-state index contributed by atoms with van der Waals surface area (Å²) in [4.78, 5) is 16.3. The molecule has 1 aromatic heterocycles. The fourth-order valence-corrected chi connectivity index (χ4v) is 5.89. The van der Waals surface area contributed by atoms with Crippen LogP contribution in [0.2, 0.25) is 5.02 Å². The lowest BCUT2D eigenvalue weighted by Crippen LogP contribution is -2.46. The van der Waals surface area contributed by atoms with Crippen LogP contribution in [0.5, 0.6) is 0 Å². The van der Waals surface area contributed by atoms with Gasteiger partial charge in [0.05, 0.1) is 9.77 Å². The van der Waals surface area contributed by atoms with Crippen LogP contribution in [-0.4, -0.2) is 38.4 Å². The zero-order valence-electron chi connectivity index (χ0n) is 16.4. The van der Waals surface area contributed by atoms with Gasteiger partial charge < -0.3 is 4.90 Å². The van der Waals surface area contributed by atoms with Gasteiger partial charge in [-0.2, -0.15) is 0 Å². The summed E-state index contributed by atoms with van der Waals surface area (Å²) in [5, 5.41) is 0.662. The van der Waals surface area contributed by atoms with Crippen molar-refractivity contribution in [3.63, 3.8) is 0 Å². The molecule has 0 spiro atoms. The van der Waals surface area contributed by atoms with E-state index in [-0.39, 0.29) is 16.8 Å². The van der Waals surface area contributed by atoms with Gasteiger partial charge >= 0.3 is 0 Å². The lowest BCUT2D eigenvalue weighted by molar-refractivity contribution is 0.0716. The SMILES string of the molecule is O=C(c1ccc(-c2ccc(Cl)cc2)s1)N1CCC(NS(=O)(=O)c2ccc(F)cc2)CC1. The number of nitrogens with one attached hydrogen (secondary N) is 1. The Labute approximate surface area is 189 Å². The van der Waals surface area contributed by atoms with Gasteiger partial charge in [0.25, 0.3) is 5.91 Å². The molecule has 0 aliphatic carbocycles. The number of rotatable bonds is 5. The van der Waals surface area contributed by atoms with E-state index in [0.717, 1.165) is 22.6 Å². The van der Waals surface area contributed by atoms with Gasteiger partial charge in [0, 0.05) is 29.0 Å². The zero-order chi connectivity index (χ0) is 22.0. The highest BCUT2D eigenvalue weighted by Crippen LogP contribution is 2.30. The maximum Gasteiger partial charge on any atom is 0.263 e. The Morgan fingerprint density at radius 3 is 2.29 bits per heavy atom. The van der Waals surface area contributed by atoms with E-state index >= 15 is 0 Å². The molecule has 3 aromatic rings. The van der Waals surface area contributed by atoms with E-state index in [1.807, 2.05) is 36.4 Å². The van der Waals surface area contributed by atoms with Crippen LogP contribution in [0.4, 0.5) is 4.39 Å². The number of hydrogen-bond donors (Lipinski definition) is 1. The van der Waals surface area contributed by atoms with Crippen molar-refractivity contribution in [3.8, 4) is 10.4 Å². The van der Waals surface area contributed by atoms with Crippen molar-refractivity contribution in [2.24, 2.45) is 0 Å².